The number of ether oxygens (including phenoxy) is 1. The molecule has 0 spiro atoms. The molecule has 0 aliphatic heterocycles. The highest BCUT2D eigenvalue weighted by Crippen LogP contribution is 2.53. The summed E-state index contributed by atoms with van der Waals surface area (Å²) in [6.07, 6.45) is 2.84. The molecule has 0 atom stereocenters. The fourth-order valence-electron chi connectivity index (χ4n) is 3.75. The van der Waals surface area contributed by atoms with Crippen molar-refractivity contribution in [3.05, 3.63) is 70.5 Å². The zero-order chi connectivity index (χ0) is 20.7. The second kappa shape index (κ2) is 7.40. The van der Waals surface area contributed by atoms with Crippen LogP contribution in [0.3, 0.4) is 0 Å². The van der Waals surface area contributed by atoms with E-state index in [9.17, 15) is 0 Å². The molecule has 0 N–H and O–H groups in total. The summed E-state index contributed by atoms with van der Waals surface area (Å²) in [5, 5.41) is 0.718. The Morgan fingerprint density at radius 1 is 1.07 bits per heavy atom. The van der Waals surface area contributed by atoms with Gasteiger partial charge in [0.25, 0.3) is 5.71 Å². The highest BCUT2D eigenvalue weighted by atomic mass is 35.5. The third-order valence-corrected chi connectivity index (χ3v) is 5.76. The lowest BCUT2D eigenvalue weighted by atomic mass is 9.95. The van der Waals surface area contributed by atoms with E-state index in [1.54, 1.807) is 0 Å². The number of oxazole rings is 1. The van der Waals surface area contributed by atoms with E-state index < -0.39 is 0 Å². The minimum Gasteiger partial charge on any atom is -0.476 e. The van der Waals surface area contributed by atoms with Crippen molar-refractivity contribution in [2.45, 2.75) is 38.5 Å². The molecule has 4 aromatic rings. The summed E-state index contributed by atoms with van der Waals surface area (Å²) in [4.78, 5) is 14.3. The van der Waals surface area contributed by atoms with Crippen LogP contribution in [0.4, 0.5) is 0 Å². The van der Waals surface area contributed by atoms with Gasteiger partial charge in [0.05, 0.1) is 12.0 Å². The van der Waals surface area contributed by atoms with Gasteiger partial charge in [0.2, 0.25) is 11.8 Å². The number of benzene rings is 2. The summed E-state index contributed by atoms with van der Waals surface area (Å²) in [7, 11) is 0. The standard InChI is InChI=1S/C24H22ClN3O2/c1-3-13-29-21-19-22(30-20(26-19)16-6-4-5-15(2)14-16)28-23(27-21)24(11-12-24)17-7-9-18(25)10-8-17/h4-10,14H,3,11-13H2,1-2H3. The summed E-state index contributed by atoms with van der Waals surface area (Å²) in [6.45, 7) is 4.67. The molecule has 152 valence electrons. The van der Waals surface area contributed by atoms with Crippen molar-refractivity contribution in [1.82, 2.24) is 15.0 Å². The van der Waals surface area contributed by atoms with Crippen LogP contribution in [0, 0.1) is 6.92 Å². The second-order valence-electron chi connectivity index (χ2n) is 7.83. The fraction of sp³-hybridized carbons (Fsp3) is 0.292. The number of aryl methyl sites for hydroxylation is 1. The summed E-state index contributed by atoms with van der Waals surface area (Å²) in [5.74, 6) is 1.73. The summed E-state index contributed by atoms with van der Waals surface area (Å²) >= 11 is 6.09. The van der Waals surface area contributed by atoms with Crippen molar-refractivity contribution in [3.63, 3.8) is 0 Å². The van der Waals surface area contributed by atoms with Crippen molar-refractivity contribution in [2.24, 2.45) is 0 Å². The monoisotopic (exact) mass is 419 g/mol. The van der Waals surface area contributed by atoms with E-state index in [2.05, 4.69) is 11.9 Å². The number of nitrogens with zero attached hydrogens (tertiary/aromatic N) is 3. The van der Waals surface area contributed by atoms with Gasteiger partial charge in [0, 0.05) is 10.6 Å². The molecule has 1 fully saturated rings. The van der Waals surface area contributed by atoms with Crippen molar-refractivity contribution < 1.29 is 9.15 Å². The third kappa shape index (κ3) is 3.33. The molecule has 30 heavy (non-hydrogen) atoms. The maximum Gasteiger partial charge on any atom is 0.254 e. The molecule has 0 amide bonds. The molecule has 2 aromatic carbocycles. The van der Waals surface area contributed by atoms with Crippen LogP contribution in [0.1, 0.15) is 43.1 Å². The van der Waals surface area contributed by atoms with Gasteiger partial charge in [-0.3, -0.25) is 0 Å². The van der Waals surface area contributed by atoms with Crippen molar-refractivity contribution in [1.29, 1.82) is 0 Å². The molecule has 2 aromatic heterocycles. The number of fused-ring (bicyclic) bond motifs is 1. The number of aromatic nitrogens is 3. The zero-order valence-corrected chi connectivity index (χ0v) is 17.7. The Hall–Kier alpha value is -2.92. The summed E-state index contributed by atoms with van der Waals surface area (Å²) < 4.78 is 12.1. The molecule has 0 saturated heterocycles. The van der Waals surface area contributed by atoms with Crippen LogP contribution in [0.5, 0.6) is 5.88 Å². The van der Waals surface area contributed by atoms with E-state index in [0.717, 1.165) is 46.8 Å². The number of hydrogen-bond donors (Lipinski definition) is 0. The molecule has 5 nitrogen and oxygen atoms in total. The van der Waals surface area contributed by atoms with Crippen LogP contribution in [-0.4, -0.2) is 21.6 Å². The van der Waals surface area contributed by atoms with Crippen molar-refractivity contribution in [3.8, 4) is 17.3 Å². The van der Waals surface area contributed by atoms with Crippen molar-refractivity contribution in [2.75, 3.05) is 6.61 Å². The van der Waals surface area contributed by atoms with Gasteiger partial charge in [0.15, 0.2) is 5.52 Å². The summed E-state index contributed by atoms with van der Waals surface area (Å²) in [6, 6.07) is 16.0. The molecular weight excluding hydrogens is 398 g/mol. The van der Waals surface area contributed by atoms with Gasteiger partial charge in [-0.2, -0.15) is 9.97 Å². The molecule has 0 bridgehead atoms. The van der Waals surface area contributed by atoms with Gasteiger partial charge in [-0.25, -0.2) is 4.98 Å². The fourth-order valence-corrected chi connectivity index (χ4v) is 3.87. The van der Waals surface area contributed by atoms with Crippen LogP contribution in [0.25, 0.3) is 22.7 Å². The largest absolute Gasteiger partial charge is 0.476 e. The Morgan fingerprint density at radius 3 is 2.57 bits per heavy atom. The Labute approximate surface area is 180 Å². The first kappa shape index (κ1) is 19.1. The number of hydrogen-bond acceptors (Lipinski definition) is 5. The van der Waals surface area contributed by atoms with Gasteiger partial charge in [-0.05, 0) is 56.0 Å². The average molecular weight is 420 g/mol. The molecule has 5 rings (SSSR count). The van der Waals surface area contributed by atoms with E-state index in [0.29, 0.717) is 29.6 Å². The SMILES string of the molecule is CCCOc1nc(C2(c3ccc(Cl)cc3)CC2)nc2oc(-c3cccc(C)c3)nc12. The second-order valence-corrected chi connectivity index (χ2v) is 8.27. The van der Waals surface area contributed by atoms with E-state index in [1.807, 2.05) is 55.5 Å². The molecule has 0 radical (unpaired) electrons. The molecule has 1 aliphatic rings. The van der Waals surface area contributed by atoms with Crippen LogP contribution in [0.15, 0.2) is 52.9 Å². The smallest absolute Gasteiger partial charge is 0.254 e. The van der Waals surface area contributed by atoms with Gasteiger partial charge < -0.3 is 9.15 Å². The minimum absolute atomic E-state index is 0.223. The zero-order valence-electron chi connectivity index (χ0n) is 17.0. The Bertz CT molecular complexity index is 1210. The molecule has 0 unspecified atom stereocenters. The predicted octanol–water partition coefficient (Wildman–Crippen LogP) is 6.12. The Morgan fingerprint density at radius 2 is 1.87 bits per heavy atom. The van der Waals surface area contributed by atoms with Gasteiger partial charge in [-0.15, -0.1) is 0 Å². The molecule has 1 aliphatic carbocycles. The maximum atomic E-state index is 6.09. The number of halogens is 1. The highest BCUT2D eigenvalue weighted by molar-refractivity contribution is 6.30. The maximum absolute atomic E-state index is 6.09. The first-order chi connectivity index (χ1) is 14.6. The third-order valence-electron chi connectivity index (χ3n) is 5.51. The van der Waals surface area contributed by atoms with Gasteiger partial charge in [0.1, 0.15) is 5.82 Å². The molecule has 6 heteroatoms. The minimum atomic E-state index is -0.223. The highest BCUT2D eigenvalue weighted by Gasteiger charge is 2.49. The van der Waals surface area contributed by atoms with Gasteiger partial charge >= 0.3 is 0 Å². The molecule has 1 saturated carbocycles. The van der Waals surface area contributed by atoms with E-state index in [1.165, 1.54) is 0 Å². The quantitative estimate of drug-likeness (QED) is 0.377. The van der Waals surface area contributed by atoms with Crippen LogP contribution in [-0.2, 0) is 5.41 Å². The van der Waals surface area contributed by atoms with E-state index in [4.69, 9.17) is 30.7 Å². The summed E-state index contributed by atoms with van der Waals surface area (Å²) in [5.41, 5.74) is 4.02. The van der Waals surface area contributed by atoms with Crippen LogP contribution in [0.2, 0.25) is 5.02 Å². The van der Waals surface area contributed by atoms with E-state index >= 15 is 0 Å². The predicted molar refractivity (Wildman–Crippen MR) is 117 cm³/mol. The lowest BCUT2D eigenvalue weighted by molar-refractivity contribution is 0.306. The first-order valence-corrected chi connectivity index (χ1v) is 10.6. The van der Waals surface area contributed by atoms with Crippen LogP contribution < -0.4 is 4.74 Å². The molecular formula is C24H22ClN3O2. The lowest BCUT2D eigenvalue weighted by Gasteiger charge is -2.15. The van der Waals surface area contributed by atoms with Gasteiger partial charge in [-0.1, -0.05) is 48.4 Å². The topological polar surface area (TPSA) is 61.0 Å². The normalized spacial score (nSPS) is 14.8. The van der Waals surface area contributed by atoms with E-state index in [-0.39, 0.29) is 5.41 Å². The van der Waals surface area contributed by atoms with Crippen molar-refractivity contribution >= 4 is 22.8 Å². The Kier molecular flexibility index (Phi) is 4.70. The average Bonchev–Trinajstić information content (AvgIpc) is 3.44. The number of rotatable bonds is 6. The lowest BCUT2D eigenvalue weighted by Crippen LogP contribution is -2.14. The first-order valence-electron chi connectivity index (χ1n) is 10.2. The Balaban J connectivity index is 1.64. The molecule has 2 heterocycles. The van der Waals surface area contributed by atoms with Crippen LogP contribution >= 0.6 is 11.6 Å².